The molecule has 0 unspecified atom stereocenters. The summed E-state index contributed by atoms with van der Waals surface area (Å²) in [5, 5.41) is 51.3. The van der Waals surface area contributed by atoms with Crippen LogP contribution in [0.2, 0.25) is 0 Å². The molecule has 0 aliphatic carbocycles. The maximum Gasteiger partial charge on any atom is 0.305 e. The highest BCUT2D eigenvalue weighted by molar-refractivity contribution is 5.98. The van der Waals surface area contributed by atoms with E-state index in [0.29, 0.717) is 44.3 Å². The smallest absolute Gasteiger partial charge is 0.305 e. The van der Waals surface area contributed by atoms with Crippen molar-refractivity contribution in [3.63, 3.8) is 0 Å². The number of rotatable bonds is 42. The van der Waals surface area contributed by atoms with Gasteiger partial charge in [-0.15, -0.1) is 0 Å². The molecule has 8 amide bonds. The fraction of sp³-hybridized carbons (Fsp3) is 0.680. The molecule has 0 spiro atoms. The van der Waals surface area contributed by atoms with Gasteiger partial charge in [-0.3, -0.25) is 52.7 Å². The van der Waals surface area contributed by atoms with Crippen molar-refractivity contribution in [3.05, 3.63) is 24.4 Å². The number of nitrogens with one attached hydrogen (secondary N) is 9. The van der Waals surface area contributed by atoms with Gasteiger partial charge in [0.1, 0.15) is 48.1 Å². The van der Waals surface area contributed by atoms with Gasteiger partial charge in [-0.25, -0.2) is 4.98 Å². The van der Waals surface area contributed by atoms with Crippen LogP contribution < -0.4 is 65.1 Å². The van der Waals surface area contributed by atoms with Crippen LogP contribution >= 0.6 is 0 Å². The van der Waals surface area contributed by atoms with Crippen molar-refractivity contribution in [1.82, 2.24) is 47.5 Å². The van der Waals surface area contributed by atoms with Gasteiger partial charge in [0.2, 0.25) is 47.3 Å². The fourth-order valence-electron chi connectivity index (χ4n) is 7.70. The molecule has 1 aromatic rings. The van der Waals surface area contributed by atoms with Crippen molar-refractivity contribution in [1.29, 1.82) is 0 Å². The minimum absolute atomic E-state index is 0.0249. The maximum absolute atomic E-state index is 14.3. The SMILES string of the molecule is CC(C)C[C@H](NC(=O)[C@H](CC(C)C)NC(=O)[C@H](CCCCN)NC(=O)[C@H](CCCCN)NC(=O)[C@H](CCC(=O)O)NC(=O)CNc1ccccn1)C(=O)N[C@@H](CCCCN)C(=O)N[C@@H](CCC(=O)O)C(=O)NCCC(=O)O. The second-order valence-electron chi connectivity index (χ2n) is 19.5. The molecule has 0 saturated carbocycles. The van der Waals surface area contributed by atoms with Gasteiger partial charge in [0.15, 0.2) is 0 Å². The number of unbranched alkanes of at least 4 members (excludes halogenated alkanes) is 3. The lowest BCUT2D eigenvalue weighted by atomic mass is 9.98. The number of amides is 8. The van der Waals surface area contributed by atoms with Crippen LogP contribution in [0, 0.1) is 11.8 Å². The van der Waals surface area contributed by atoms with Gasteiger partial charge >= 0.3 is 17.9 Å². The molecule has 0 aromatic carbocycles. The predicted molar refractivity (Wildman–Crippen MR) is 283 cm³/mol. The Morgan fingerprint density at radius 3 is 1.14 bits per heavy atom. The average Bonchev–Trinajstić information content (AvgIpc) is 3.36. The van der Waals surface area contributed by atoms with E-state index in [4.69, 9.17) is 22.3 Å². The van der Waals surface area contributed by atoms with Crippen molar-refractivity contribution in [2.24, 2.45) is 29.0 Å². The van der Waals surface area contributed by atoms with Gasteiger partial charge in [0.25, 0.3) is 0 Å². The van der Waals surface area contributed by atoms with Crippen LogP contribution in [0.15, 0.2) is 24.4 Å². The Bertz CT molecular complexity index is 2050. The molecular formula is C50H85N13O14. The van der Waals surface area contributed by atoms with Crippen LogP contribution in [0.4, 0.5) is 5.82 Å². The van der Waals surface area contributed by atoms with Gasteiger partial charge in [0.05, 0.1) is 13.0 Å². The lowest BCUT2D eigenvalue weighted by Gasteiger charge is -2.29. The molecule has 7 atom stereocenters. The van der Waals surface area contributed by atoms with E-state index in [1.807, 2.05) is 0 Å². The highest BCUT2D eigenvalue weighted by atomic mass is 16.4. The first kappa shape index (κ1) is 68.0. The zero-order chi connectivity index (χ0) is 57.9. The number of carboxylic acids is 3. The number of anilines is 1. The van der Waals surface area contributed by atoms with Crippen LogP contribution in [-0.2, 0) is 52.7 Å². The summed E-state index contributed by atoms with van der Waals surface area (Å²) in [7, 11) is 0. The summed E-state index contributed by atoms with van der Waals surface area (Å²) in [6, 6.07) is -4.24. The quantitative estimate of drug-likeness (QED) is 0.0338. The third-order valence-corrected chi connectivity index (χ3v) is 11.7. The van der Waals surface area contributed by atoms with Crippen molar-refractivity contribution in [2.45, 2.75) is 173 Å². The lowest BCUT2D eigenvalue weighted by Crippen LogP contribution is -2.60. The van der Waals surface area contributed by atoms with E-state index in [-0.39, 0.29) is 89.5 Å². The number of hydrogen-bond donors (Lipinski definition) is 15. The van der Waals surface area contributed by atoms with Gasteiger partial charge < -0.3 is 80.4 Å². The van der Waals surface area contributed by atoms with Crippen molar-refractivity contribution in [3.8, 4) is 0 Å². The first-order valence-electron chi connectivity index (χ1n) is 26.3. The maximum atomic E-state index is 14.3. The first-order valence-corrected chi connectivity index (χ1v) is 26.3. The number of hydrogen-bond acceptors (Lipinski definition) is 16. The van der Waals surface area contributed by atoms with Gasteiger partial charge in [-0.05, 0) is 127 Å². The number of carbonyl (C=O) groups is 11. The Morgan fingerprint density at radius 2 is 0.805 bits per heavy atom. The molecule has 1 rings (SSSR count). The van der Waals surface area contributed by atoms with E-state index in [0.717, 1.165) is 0 Å². The minimum atomic E-state index is -1.41. The molecule has 27 heteroatoms. The molecule has 77 heavy (non-hydrogen) atoms. The Balaban J connectivity index is 3.47. The largest absolute Gasteiger partial charge is 0.481 e. The third kappa shape index (κ3) is 30.4. The summed E-state index contributed by atoms with van der Waals surface area (Å²) in [5.74, 6) is -10.1. The Hall–Kier alpha value is -7.00. The summed E-state index contributed by atoms with van der Waals surface area (Å²) in [5.41, 5.74) is 17.2. The molecule has 0 aliphatic rings. The Kier molecular flexibility index (Phi) is 34.0. The van der Waals surface area contributed by atoms with Gasteiger partial charge in [-0.1, -0.05) is 33.8 Å². The van der Waals surface area contributed by atoms with Gasteiger partial charge in [0, 0.05) is 25.6 Å². The lowest BCUT2D eigenvalue weighted by molar-refractivity contribution is -0.139. The molecular weight excluding hydrogens is 1010 g/mol. The number of carboxylic acid groups (broad SMARTS) is 3. The van der Waals surface area contributed by atoms with E-state index in [2.05, 4.69) is 52.8 Å². The summed E-state index contributed by atoms with van der Waals surface area (Å²) in [4.78, 5) is 148. The monoisotopic (exact) mass is 1090 g/mol. The van der Waals surface area contributed by atoms with Gasteiger partial charge in [-0.2, -0.15) is 0 Å². The molecule has 0 bridgehead atoms. The van der Waals surface area contributed by atoms with Crippen molar-refractivity contribution in [2.75, 3.05) is 38.0 Å². The number of pyridine rings is 1. The highest BCUT2D eigenvalue weighted by Crippen LogP contribution is 2.13. The predicted octanol–water partition coefficient (Wildman–Crippen LogP) is -1.31. The number of aliphatic carboxylic acids is 3. The molecule has 0 fully saturated rings. The van der Waals surface area contributed by atoms with Crippen LogP contribution in [0.1, 0.15) is 130 Å². The molecule has 0 saturated heterocycles. The Morgan fingerprint density at radius 1 is 0.455 bits per heavy atom. The fourth-order valence-corrected chi connectivity index (χ4v) is 7.70. The van der Waals surface area contributed by atoms with E-state index in [1.54, 1.807) is 45.9 Å². The zero-order valence-corrected chi connectivity index (χ0v) is 44.9. The molecule has 1 aromatic heterocycles. The Labute approximate surface area is 449 Å². The molecule has 434 valence electrons. The van der Waals surface area contributed by atoms with Crippen molar-refractivity contribution >= 4 is 71.0 Å². The average molecular weight is 1090 g/mol. The summed E-state index contributed by atoms with van der Waals surface area (Å²) >= 11 is 0. The number of nitrogens with two attached hydrogens (primary N) is 3. The van der Waals surface area contributed by atoms with Crippen LogP contribution in [0.25, 0.3) is 0 Å². The third-order valence-electron chi connectivity index (χ3n) is 11.7. The summed E-state index contributed by atoms with van der Waals surface area (Å²) < 4.78 is 0. The molecule has 1 heterocycles. The topological polar surface area (TPSA) is 448 Å². The highest BCUT2D eigenvalue weighted by Gasteiger charge is 2.35. The standard InChI is InChI=1S/C50H85N13O14/c1-30(2)27-37(49(76)60-33(14-6-10-23-52)46(73)61-35(17-19-41(65)66)44(71)55-26-21-43(69)70)63-50(77)38(28-31(3)4)62-47(74)34(15-7-11-24-53)58-45(72)32(13-5-9-22-51)59-48(75)36(18-20-42(67)68)57-40(64)29-56-39-16-8-12-25-54-39/h8,12,16,25,30-38H,5-7,9-11,13-15,17-24,26-29,51-53H2,1-4H3,(H,54,56)(H,55,71)(H,57,64)(H,58,72)(H,59,75)(H,60,76)(H,61,73)(H,62,74)(H,63,77)(H,65,66)(H,67,68)(H,69,70)/t32-,33-,34-,35-,36-,37-,38-/m0/s1. The zero-order valence-electron chi connectivity index (χ0n) is 44.9. The second kappa shape index (κ2) is 38.5. The van der Waals surface area contributed by atoms with E-state index < -0.39 is 127 Å². The van der Waals surface area contributed by atoms with Crippen LogP contribution in [-0.4, -0.2) is 160 Å². The summed E-state index contributed by atoms with van der Waals surface area (Å²) in [6.07, 6.45) is 1.97. The molecule has 27 nitrogen and oxygen atoms in total. The van der Waals surface area contributed by atoms with Crippen LogP contribution in [0.5, 0.6) is 0 Å². The van der Waals surface area contributed by atoms with E-state index in [9.17, 15) is 63.0 Å². The van der Waals surface area contributed by atoms with Crippen LogP contribution in [0.3, 0.4) is 0 Å². The van der Waals surface area contributed by atoms with E-state index >= 15 is 0 Å². The number of carbonyl (C=O) groups excluding carboxylic acids is 8. The summed E-state index contributed by atoms with van der Waals surface area (Å²) in [6.45, 7) is 7.31. The minimum Gasteiger partial charge on any atom is -0.481 e. The second-order valence-corrected chi connectivity index (χ2v) is 19.5. The normalized spacial score (nSPS) is 13.8. The number of nitrogens with zero attached hydrogens (tertiary/aromatic N) is 1. The first-order chi connectivity index (χ1) is 36.5. The molecule has 18 N–H and O–H groups in total. The molecule has 0 radical (unpaired) electrons. The van der Waals surface area contributed by atoms with E-state index in [1.165, 1.54) is 6.20 Å². The molecule has 0 aliphatic heterocycles. The van der Waals surface area contributed by atoms with Crippen molar-refractivity contribution < 1.29 is 68.1 Å². The number of aromatic nitrogens is 1.